The van der Waals surface area contributed by atoms with Gasteiger partial charge in [0.15, 0.2) is 0 Å². The lowest BCUT2D eigenvalue weighted by Crippen LogP contribution is -2.41. The van der Waals surface area contributed by atoms with Crippen LogP contribution in [0.4, 0.5) is 8.78 Å². The molecule has 0 amide bonds. The minimum absolute atomic E-state index is 0.0256. The molecule has 0 saturated carbocycles. The summed E-state index contributed by atoms with van der Waals surface area (Å²) in [5.41, 5.74) is -1.43. The number of fused-ring (bicyclic) bond motifs is 1. The van der Waals surface area contributed by atoms with Gasteiger partial charge in [0.1, 0.15) is 18.2 Å². The van der Waals surface area contributed by atoms with Gasteiger partial charge in [0.25, 0.3) is 5.56 Å². The van der Waals surface area contributed by atoms with Crippen molar-refractivity contribution in [2.45, 2.75) is 20.0 Å². The molecular formula is C19H15F2IN2O4. The zero-order chi connectivity index (χ0) is 20.4. The van der Waals surface area contributed by atoms with Gasteiger partial charge in [-0.3, -0.25) is 18.7 Å². The molecule has 146 valence electrons. The molecule has 9 heteroatoms. The lowest BCUT2D eigenvalue weighted by molar-refractivity contribution is -0.143. The van der Waals surface area contributed by atoms with Gasteiger partial charge in [-0.25, -0.2) is 13.6 Å². The van der Waals surface area contributed by atoms with Crippen molar-refractivity contribution in [2.75, 3.05) is 6.61 Å². The van der Waals surface area contributed by atoms with E-state index in [1.165, 1.54) is 18.2 Å². The molecule has 0 aliphatic carbocycles. The lowest BCUT2D eigenvalue weighted by Gasteiger charge is -2.14. The van der Waals surface area contributed by atoms with Crippen LogP contribution in [0, 0.1) is 15.2 Å². The zero-order valence-corrected chi connectivity index (χ0v) is 16.9. The van der Waals surface area contributed by atoms with E-state index in [0.29, 0.717) is 3.57 Å². The van der Waals surface area contributed by atoms with Gasteiger partial charge in [-0.05, 0) is 59.8 Å². The SMILES string of the molecule is CCOC(=O)Cn1c(=O)n(Cc2ccc(I)cc2F)c(=O)c2ccc(F)cc21. The van der Waals surface area contributed by atoms with E-state index < -0.39 is 35.4 Å². The van der Waals surface area contributed by atoms with Crippen LogP contribution < -0.4 is 11.2 Å². The molecule has 0 aliphatic rings. The first-order valence-electron chi connectivity index (χ1n) is 8.34. The number of ether oxygens (including phenoxy) is 1. The van der Waals surface area contributed by atoms with Crippen molar-refractivity contribution < 1.29 is 18.3 Å². The maximum Gasteiger partial charge on any atom is 0.332 e. The lowest BCUT2D eigenvalue weighted by atomic mass is 10.2. The van der Waals surface area contributed by atoms with Gasteiger partial charge in [0.05, 0.1) is 24.1 Å². The third-order valence-corrected chi connectivity index (χ3v) is 4.80. The highest BCUT2D eigenvalue weighted by Crippen LogP contribution is 2.14. The molecule has 1 aromatic heterocycles. The van der Waals surface area contributed by atoms with Gasteiger partial charge < -0.3 is 4.74 Å². The maximum absolute atomic E-state index is 14.2. The second-order valence-electron chi connectivity index (χ2n) is 5.96. The van der Waals surface area contributed by atoms with E-state index >= 15 is 0 Å². The Morgan fingerprint density at radius 2 is 1.86 bits per heavy atom. The first-order chi connectivity index (χ1) is 13.3. The van der Waals surface area contributed by atoms with Crippen molar-refractivity contribution >= 4 is 39.5 Å². The molecule has 3 rings (SSSR count). The number of aromatic nitrogens is 2. The number of rotatable bonds is 5. The fourth-order valence-electron chi connectivity index (χ4n) is 2.84. The Morgan fingerprint density at radius 3 is 2.54 bits per heavy atom. The predicted molar refractivity (Wildman–Crippen MR) is 107 cm³/mol. The number of benzene rings is 2. The average Bonchev–Trinajstić information content (AvgIpc) is 2.64. The van der Waals surface area contributed by atoms with E-state index in [9.17, 15) is 23.2 Å². The summed E-state index contributed by atoms with van der Waals surface area (Å²) >= 11 is 1.95. The standard InChI is InChI=1S/C19H15F2IN2O4/c1-2-28-17(25)10-23-16-7-12(20)4-6-14(16)18(26)24(19(23)27)9-11-3-5-13(22)8-15(11)21/h3-8H,2,9-10H2,1H3. The summed E-state index contributed by atoms with van der Waals surface area (Å²) in [5, 5.41) is 0.0382. The number of halogens is 3. The summed E-state index contributed by atoms with van der Waals surface area (Å²) < 4.78 is 35.2. The van der Waals surface area contributed by atoms with Crippen LogP contribution in [0.1, 0.15) is 12.5 Å². The van der Waals surface area contributed by atoms with Crippen molar-refractivity contribution in [1.29, 1.82) is 0 Å². The predicted octanol–water partition coefficient (Wildman–Crippen LogP) is 2.66. The largest absolute Gasteiger partial charge is 0.465 e. The first-order valence-corrected chi connectivity index (χ1v) is 9.42. The quantitative estimate of drug-likeness (QED) is 0.399. The first kappa shape index (κ1) is 20.2. The minimum atomic E-state index is -0.853. The van der Waals surface area contributed by atoms with Crippen LogP contribution in [-0.2, 0) is 22.6 Å². The molecular weight excluding hydrogens is 485 g/mol. The molecule has 0 saturated heterocycles. The maximum atomic E-state index is 14.2. The second kappa shape index (κ2) is 8.21. The van der Waals surface area contributed by atoms with Gasteiger partial charge in [-0.15, -0.1) is 0 Å². The van der Waals surface area contributed by atoms with Crippen LogP contribution in [0.3, 0.4) is 0 Å². The van der Waals surface area contributed by atoms with Crippen LogP contribution >= 0.6 is 22.6 Å². The third-order valence-electron chi connectivity index (χ3n) is 4.12. The molecule has 6 nitrogen and oxygen atoms in total. The van der Waals surface area contributed by atoms with Crippen molar-refractivity contribution in [3.05, 3.63) is 78.0 Å². The summed E-state index contributed by atoms with van der Waals surface area (Å²) in [6, 6.07) is 7.74. The van der Waals surface area contributed by atoms with Gasteiger partial charge in [0, 0.05) is 9.13 Å². The van der Waals surface area contributed by atoms with E-state index in [1.54, 1.807) is 13.0 Å². The van der Waals surface area contributed by atoms with Gasteiger partial charge >= 0.3 is 11.7 Å². The van der Waals surface area contributed by atoms with E-state index in [-0.39, 0.29) is 29.6 Å². The van der Waals surface area contributed by atoms with E-state index in [4.69, 9.17) is 4.74 Å². The number of hydrogen-bond donors (Lipinski definition) is 0. The third kappa shape index (κ3) is 3.98. The van der Waals surface area contributed by atoms with Crippen molar-refractivity contribution in [2.24, 2.45) is 0 Å². The second-order valence-corrected chi connectivity index (χ2v) is 7.21. The summed E-state index contributed by atoms with van der Waals surface area (Å²) in [6.45, 7) is 0.894. The van der Waals surface area contributed by atoms with Crippen LogP contribution in [0.5, 0.6) is 0 Å². The fraction of sp³-hybridized carbons (Fsp3) is 0.211. The Bertz CT molecular complexity index is 1190. The molecule has 0 fully saturated rings. The van der Waals surface area contributed by atoms with Gasteiger partial charge in [0.2, 0.25) is 0 Å². The minimum Gasteiger partial charge on any atom is -0.465 e. The van der Waals surface area contributed by atoms with Gasteiger partial charge in [-0.1, -0.05) is 6.07 Å². The topological polar surface area (TPSA) is 70.3 Å². The van der Waals surface area contributed by atoms with Crippen LogP contribution in [0.15, 0.2) is 46.0 Å². The highest BCUT2D eigenvalue weighted by atomic mass is 127. The molecule has 1 heterocycles. The summed E-state index contributed by atoms with van der Waals surface area (Å²) in [5.74, 6) is -1.93. The number of hydrogen-bond acceptors (Lipinski definition) is 4. The Hall–Kier alpha value is -2.56. The molecule has 0 N–H and O–H groups in total. The Balaban J connectivity index is 2.22. The summed E-state index contributed by atoms with van der Waals surface area (Å²) in [6.07, 6.45) is 0. The Morgan fingerprint density at radius 1 is 1.11 bits per heavy atom. The molecule has 3 aromatic rings. The number of carbonyl (C=O) groups is 1. The summed E-state index contributed by atoms with van der Waals surface area (Å²) in [4.78, 5) is 37.6. The van der Waals surface area contributed by atoms with Crippen molar-refractivity contribution in [3.63, 3.8) is 0 Å². The Kier molecular flexibility index (Phi) is 5.92. The van der Waals surface area contributed by atoms with E-state index in [0.717, 1.165) is 21.3 Å². The van der Waals surface area contributed by atoms with Crippen LogP contribution in [0.2, 0.25) is 0 Å². The zero-order valence-electron chi connectivity index (χ0n) is 14.7. The molecule has 0 spiro atoms. The molecule has 0 unspecified atom stereocenters. The monoisotopic (exact) mass is 500 g/mol. The van der Waals surface area contributed by atoms with Crippen molar-refractivity contribution in [3.8, 4) is 0 Å². The normalized spacial score (nSPS) is 11.0. The number of esters is 1. The highest BCUT2D eigenvalue weighted by molar-refractivity contribution is 14.1. The van der Waals surface area contributed by atoms with E-state index in [1.807, 2.05) is 22.6 Å². The molecule has 0 radical (unpaired) electrons. The average molecular weight is 500 g/mol. The van der Waals surface area contributed by atoms with Gasteiger partial charge in [-0.2, -0.15) is 0 Å². The molecule has 0 bridgehead atoms. The Labute approximate surface area is 171 Å². The smallest absolute Gasteiger partial charge is 0.332 e. The highest BCUT2D eigenvalue weighted by Gasteiger charge is 2.17. The molecule has 28 heavy (non-hydrogen) atoms. The molecule has 0 atom stereocenters. The fourth-order valence-corrected chi connectivity index (χ4v) is 3.29. The van der Waals surface area contributed by atoms with Crippen LogP contribution in [0.25, 0.3) is 10.9 Å². The molecule has 0 aliphatic heterocycles. The number of nitrogens with zero attached hydrogens (tertiary/aromatic N) is 2. The summed E-state index contributed by atoms with van der Waals surface area (Å²) in [7, 11) is 0. The van der Waals surface area contributed by atoms with Crippen molar-refractivity contribution in [1.82, 2.24) is 9.13 Å². The number of carbonyl (C=O) groups excluding carboxylic acids is 1. The van der Waals surface area contributed by atoms with E-state index in [2.05, 4.69) is 0 Å². The van der Waals surface area contributed by atoms with Crippen LogP contribution in [-0.4, -0.2) is 21.7 Å². The molecule has 2 aromatic carbocycles.